The molecule has 0 aliphatic heterocycles. The van der Waals surface area contributed by atoms with Crippen LogP contribution in [0.1, 0.15) is 18.2 Å². The average molecular weight is 259 g/mol. The largest absolute Gasteiger partial charge is 0.313 e. The van der Waals surface area contributed by atoms with Crippen LogP contribution in [-0.2, 0) is 6.42 Å². The first-order chi connectivity index (χ1) is 9.84. The van der Waals surface area contributed by atoms with E-state index in [4.69, 9.17) is 0 Å². The minimum Gasteiger partial charge on any atom is -0.313 e. The SMILES string of the molecule is C[C@H]1C=Cc2c(n(-c3ccccc3)c3ccccc23)C1. The van der Waals surface area contributed by atoms with E-state index in [1.165, 1.54) is 27.8 Å². The first-order valence-corrected chi connectivity index (χ1v) is 7.20. The van der Waals surface area contributed by atoms with Gasteiger partial charge < -0.3 is 4.57 Å². The maximum Gasteiger partial charge on any atom is 0.0537 e. The van der Waals surface area contributed by atoms with Crippen molar-refractivity contribution in [2.75, 3.05) is 0 Å². The zero-order chi connectivity index (χ0) is 13.5. The summed E-state index contributed by atoms with van der Waals surface area (Å²) in [7, 11) is 0. The second kappa shape index (κ2) is 4.38. The molecule has 1 aromatic heterocycles. The Morgan fingerprint density at radius 2 is 1.70 bits per heavy atom. The number of hydrogen-bond acceptors (Lipinski definition) is 0. The van der Waals surface area contributed by atoms with Crippen molar-refractivity contribution < 1.29 is 0 Å². The predicted molar refractivity (Wildman–Crippen MR) is 85.2 cm³/mol. The third-order valence-electron chi connectivity index (χ3n) is 4.14. The fourth-order valence-electron chi connectivity index (χ4n) is 3.21. The maximum absolute atomic E-state index is 2.42. The van der Waals surface area contributed by atoms with Gasteiger partial charge in [0.15, 0.2) is 0 Å². The lowest BCUT2D eigenvalue weighted by molar-refractivity contribution is 0.690. The normalized spacial score (nSPS) is 17.4. The Morgan fingerprint density at radius 3 is 2.55 bits per heavy atom. The summed E-state index contributed by atoms with van der Waals surface area (Å²) in [6.45, 7) is 2.28. The molecule has 98 valence electrons. The van der Waals surface area contributed by atoms with E-state index in [1.807, 2.05) is 0 Å². The Balaban J connectivity index is 2.10. The van der Waals surface area contributed by atoms with Crippen molar-refractivity contribution >= 4 is 17.0 Å². The van der Waals surface area contributed by atoms with Gasteiger partial charge in [0.1, 0.15) is 0 Å². The number of fused-ring (bicyclic) bond motifs is 3. The first kappa shape index (κ1) is 11.5. The van der Waals surface area contributed by atoms with Crippen LogP contribution in [-0.4, -0.2) is 4.57 Å². The van der Waals surface area contributed by atoms with Crippen molar-refractivity contribution in [3.8, 4) is 5.69 Å². The molecule has 1 aliphatic rings. The minimum absolute atomic E-state index is 0.606. The molecule has 1 atom stereocenters. The molecule has 1 heteroatoms. The van der Waals surface area contributed by atoms with Gasteiger partial charge in [-0.1, -0.05) is 55.5 Å². The number of benzene rings is 2. The van der Waals surface area contributed by atoms with Crippen molar-refractivity contribution in [3.63, 3.8) is 0 Å². The summed E-state index contributed by atoms with van der Waals surface area (Å²) < 4.78 is 2.42. The van der Waals surface area contributed by atoms with Crippen LogP contribution in [0.25, 0.3) is 22.7 Å². The van der Waals surface area contributed by atoms with E-state index < -0.39 is 0 Å². The summed E-state index contributed by atoms with van der Waals surface area (Å²) in [4.78, 5) is 0. The fourth-order valence-corrected chi connectivity index (χ4v) is 3.21. The molecule has 0 saturated carbocycles. The van der Waals surface area contributed by atoms with Crippen LogP contribution in [0.5, 0.6) is 0 Å². The summed E-state index contributed by atoms with van der Waals surface area (Å²) >= 11 is 0. The van der Waals surface area contributed by atoms with Gasteiger partial charge in [0.05, 0.1) is 5.52 Å². The van der Waals surface area contributed by atoms with Crippen LogP contribution < -0.4 is 0 Å². The molecule has 1 aliphatic carbocycles. The van der Waals surface area contributed by atoms with Crippen LogP contribution in [0.3, 0.4) is 0 Å². The van der Waals surface area contributed by atoms with E-state index in [9.17, 15) is 0 Å². The molecule has 0 spiro atoms. The Hall–Kier alpha value is -2.28. The summed E-state index contributed by atoms with van der Waals surface area (Å²) in [5.41, 5.74) is 5.39. The molecular weight excluding hydrogens is 242 g/mol. The highest BCUT2D eigenvalue weighted by Crippen LogP contribution is 2.34. The molecule has 0 bridgehead atoms. The number of allylic oxidation sites excluding steroid dienone is 1. The summed E-state index contributed by atoms with van der Waals surface area (Å²) in [6, 6.07) is 19.4. The molecule has 4 rings (SSSR count). The molecular formula is C19H17N. The van der Waals surface area contributed by atoms with Crippen LogP contribution in [0.15, 0.2) is 60.7 Å². The van der Waals surface area contributed by atoms with E-state index >= 15 is 0 Å². The quantitative estimate of drug-likeness (QED) is 0.589. The molecule has 0 fully saturated rings. The molecule has 2 aromatic carbocycles. The molecule has 0 amide bonds. The van der Waals surface area contributed by atoms with Gasteiger partial charge in [0.25, 0.3) is 0 Å². The second-order valence-corrected chi connectivity index (χ2v) is 5.59. The lowest BCUT2D eigenvalue weighted by Gasteiger charge is -2.17. The third kappa shape index (κ3) is 1.63. The lowest BCUT2D eigenvalue weighted by Crippen LogP contribution is -2.08. The number of aromatic nitrogens is 1. The van der Waals surface area contributed by atoms with Crippen LogP contribution in [0.4, 0.5) is 0 Å². The maximum atomic E-state index is 2.42. The fraction of sp³-hybridized carbons (Fsp3) is 0.158. The Morgan fingerprint density at radius 1 is 0.950 bits per heavy atom. The second-order valence-electron chi connectivity index (χ2n) is 5.59. The van der Waals surface area contributed by atoms with Crippen molar-refractivity contribution in [1.82, 2.24) is 4.57 Å². The van der Waals surface area contributed by atoms with Gasteiger partial charge in [-0.15, -0.1) is 0 Å². The Labute approximate surface area is 119 Å². The molecule has 0 N–H and O–H groups in total. The van der Waals surface area contributed by atoms with E-state index in [0.29, 0.717) is 5.92 Å². The smallest absolute Gasteiger partial charge is 0.0537 e. The lowest BCUT2D eigenvalue weighted by atomic mass is 9.95. The number of rotatable bonds is 1. The zero-order valence-corrected chi connectivity index (χ0v) is 11.6. The van der Waals surface area contributed by atoms with E-state index in [-0.39, 0.29) is 0 Å². The number of para-hydroxylation sites is 2. The van der Waals surface area contributed by atoms with Crippen LogP contribution in [0, 0.1) is 5.92 Å². The predicted octanol–water partition coefficient (Wildman–Crippen LogP) is 4.84. The molecule has 3 aromatic rings. The molecule has 1 heterocycles. The van der Waals surface area contributed by atoms with Gasteiger partial charge in [0, 0.05) is 22.3 Å². The van der Waals surface area contributed by atoms with Crippen molar-refractivity contribution in [2.24, 2.45) is 5.92 Å². The highest BCUT2D eigenvalue weighted by molar-refractivity contribution is 5.93. The van der Waals surface area contributed by atoms with Crippen molar-refractivity contribution in [2.45, 2.75) is 13.3 Å². The van der Waals surface area contributed by atoms with Gasteiger partial charge in [-0.2, -0.15) is 0 Å². The van der Waals surface area contributed by atoms with Gasteiger partial charge >= 0.3 is 0 Å². The molecule has 1 nitrogen and oxygen atoms in total. The minimum atomic E-state index is 0.606. The zero-order valence-electron chi connectivity index (χ0n) is 11.6. The summed E-state index contributed by atoms with van der Waals surface area (Å²) in [5, 5.41) is 1.36. The first-order valence-electron chi connectivity index (χ1n) is 7.20. The van der Waals surface area contributed by atoms with E-state index in [0.717, 1.165) is 6.42 Å². The van der Waals surface area contributed by atoms with Gasteiger partial charge in [-0.25, -0.2) is 0 Å². The Bertz CT molecular complexity index is 793. The summed E-state index contributed by atoms with van der Waals surface area (Å²) in [5.74, 6) is 0.606. The topological polar surface area (TPSA) is 4.93 Å². The highest BCUT2D eigenvalue weighted by atomic mass is 15.0. The molecule has 20 heavy (non-hydrogen) atoms. The monoisotopic (exact) mass is 259 g/mol. The third-order valence-corrected chi connectivity index (χ3v) is 4.14. The number of hydrogen-bond donors (Lipinski definition) is 0. The van der Waals surface area contributed by atoms with Gasteiger partial charge in [-0.3, -0.25) is 0 Å². The molecule has 0 radical (unpaired) electrons. The van der Waals surface area contributed by atoms with Crippen molar-refractivity contribution in [1.29, 1.82) is 0 Å². The van der Waals surface area contributed by atoms with Crippen LogP contribution >= 0.6 is 0 Å². The van der Waals surface area contributed by atoms with E-state index in [1.54, 1.807) is 0 Å². The van der Waals surface area contributed by atoms with Crippen LogP contribution in [0.2, 0.25) is 0 Å². The van der Waals surface area contributed by atoms with Gasteiger partial charge in [-0.05, 0) is 30.5 Å². The average Bonchev–Trinajstić information content (AvgIpc) is 2.81. The number of nitrogens with zero attached hydrogens (tertiary/aromatic N) is 1. The standard InChI is InChI=1S/C19H17N/c1-14-11-12-17-16-9-5-6-10-18(16)20(19(17)13-14)15-7-3-2-4-8-15/h2-12,14H,13H2,1H3/t14-/m0/s1. The molecule has 0 unspecified atom stereocenters. The van der Waals surface area contributed by atoms with Crippen molar-refractivity contribution in [3.05, 3.63) is 71.9 Å². The highest BCUT2D eigenvalue weighted by Gasteiger charge is 2.20. The molecule has 0 saturated heterocycles. The summed E-state index contributed by atoms with van der Waals surface area (Å²) in [6.07, 6.45) is 5.73. The Kier molecular flexibility index (Phi) is 2.53. The van der Waals surface area contributed by atoms with Gasteiger partial charge in [0.2, 0.25) is 0 Å². The van der Waals surface area contributed by atoms with E-state index in [2.05, 4.69) is 78.2 Å².